The van der Waals surface area contributed by atoms with Crippen molar-refractivity contribution in [2.75, 3.05) is 11.7 Å². The Morgan fingerprint density at radius 2 is 1.74 bits per heavy atom. The molecule has 0 amide bonds. The van der Waals surface area contributed by atoms with Gasteiger partial charge in [0.05, 0.1) is 5.69 Å². The minimum absolute atomic E-state index is 0.131. The van der Waals surface area contributed by atoms with E-state index in [9.17, 15) is 14.3 Å². The maximum atomic E-state index is 12.4. The summed E-state index contributed by atoms with van der Waals surface area (Å²) in [6.45, 7) is 1.07. The molecule has 0 fully saturated rings. The molecular weight excluding hydrogens is 315 g/mol. The molecule has 0 aliphatic heterocycles. The molecule has 1 aromatic heterocycles. The molecule has 1 atom stereocenters. The van der Waals surface area contributed by atoms with Gasteiger partial charge in [-0.3, -0.25) is 9.36 Å². The summed E-state index contributed by atoms with van der Waals surface area (Å²) in [6.07, 6.45) is 0. The maximum Gasteiger partial charge on any atom is 0.346 e. The summed E-state index contributed by atoms with van der Waals surface area (Å²) in [5, 5.41) is 1.88. The van der Waals surface area contributed by atoms with E-state index in [1.54, 1.807) is 42.5 Å². The van der Waals surface area contributed by atoms with Gasteiger partial charge in [0.25, 0.3) is 5.56 Å². The van der Waals surface area contributed by atoms with Crippen LogP contribution in [0.2, 0.25) is 0 Å². The first kappa shape index (κ1) is 15.5. The first-order valence-electron chi connectivity index (χ1n) is 6.91. The van der Waals surface area contributed by atoms with Crippen LogP contribution in [0.1, 0.15) is 0 Å². The second-order valence-corrected chi connectivity index (χ2v) is 6.85. The maximum absolute atomic E-state index is 12.4. The Balaban J connectivity index is 2.18. The summed E-state index contributed by atoms with van der Waals surface area (Å²) in [7, 11) is -3.86. The molecule has 2 N–H and O–H groups in total. The number of fused-ring (bicyclic) bond motifs is 1. The quantitative estimate of drug-likeness (QED) is 0.566. The number of pyridine rings is 1. The highest BCUT2D eigenvalue weighted by molar-refractivity contribution is 7.51. The molecule has 118 valence electrons. The van der Waals surface area contributed by atoms with Crippen molar-refractivity contribution < 1.29 is 14.1 Å². The lowest BCUT2D eigenvalue weighted by Gasteiger charge is -2.24. The highest BCUT2D eigenvalue weighted by Gasteiger charge is 2.22. The first-order chi connectivity index (χ1) is 10.9. The van der Waals surface area contributed by atoms with E-state index in [1.165, 1.54) is 0 Å². The highest BCUT2D eigenvalue weighted by atomic mass is 31.2. The molecule has 3 aromatic rings. The molecule has 0 aliphatic carbocycles. The van der Waals surface area contributed by atoms with Gasteiger partial charge in [-0.1, -0.05) is 36.4 Å². The molecule has 0 aliphatic rings. The fourth-order valence-corrected chi connectivity index (χ4v) is 2.72. The Labute approximate surface area is 132 Å². The first-order valence-corrected chi connectivity index (χ1v) is 8.94. The van der Waals surface area contributed by atoms with E-state index < -0.39 is 13.2 Å². The third-order valence-electron chi connectivity index (χ3n) is 3.18. The van der Waals surface area contributed by atoms with E-state index >= 15 is 0 Å². The minimum atomic E-state index is -3.86. The highest BCUT2D eigenvalue weighted by Crippen LogP contribution is 2.42. The molecule has 6 nitrogen and oxygen atoms in total. The molecule has 2 aromatic carbocycles. The van der Waals surface area contributed by atoms with E-state index in [-0.39, 0.29) is 5.69 Å². The average Bonchev–Trinajstić information content (AvgIpc) is 2.52. The van der Waals surface area contributed by atoms with Crippen LogP contribution in [0, 0.1) is 0 Å². The molecule has 0 radical (unpaired) electrons. The number of nitrogens with zero attached hydrogens (tertiary/aromatic N) is 1. The van der Waals surface area contributed by atoms with Crippen molar-refractivity contribution >= 4 is 29.9 Å². The summed E-state index contributed by atoms with van der Waals surface area (Å²) in [5.41, 5.74) is 0.870. The second-order valence-electron chi connectivity index (χ2n) is 5.09. The number of nitrogens with one attached hydrogen (secondary N) is 1. The number of benzene rings is 2. The number of para-hydroxylation sites is 2. The van der Waals surface area contributed by atoms with Crippen LogP contribution < -0.4 is 10.6 Å². The van der Waals surface area contributed by atoms with Crippen molar-refractivity contribution in [2.45, 2.75) is 0 Å². The Morgan fingerprint density at radius 1 is 1.09 bits per heavy atom. The third kappa shape index (κ3) is 3.51. The van der Waals surface area contributed by atoms with Crippen LogP contribution in [-0.2, 0) is 9.19 Å². The van der Waals surface area contributed by atoms with Gasteiger partial charge in [0.15, 0.2) is 0 Å². The SMILES string of the molecule is CP(=O)(O)ON(c1ccccc1)c1cc2ccccc2[nH]c1=O. The van der Waals surface area contributed by atoms with Crippen LogP contribution in [0.5, 0.6) is 0 Å². The fourth-order valence-electron chi connectivity index (χ4n) is 2.23. The van der Waals surface area contributed by atoms with Gasteiger partial charge in [0.2, 0.25) is 0 Å². The Kier molecular flexibility index (Phi) is 4.05. The zero-order valence-corrected chi connectivity index (χ0v) is 13.2. The Hall–Kier alpha value is -2.40. The number of hydrogen-bond donors (Lipinski definition) is 2. The van der Waals surface area contributed by atoms with Crippen LogP contribution in [0.25, 0.3) is 10.9 Å². The van der Waals surface area contributed by atoms with Crippen LogP contribution in [0.15, 0.2) is 65.5 Å². The third-order valence-corrected chi connectivity index (χ3v) is 3.64. The van der Waals surface area contributed by atoms with Gasteiger partial charge in [-0.05, 0) is 24.3 Å². The van der Waals surface area contributed by atoms with Gasteiger partial charge >= 0.3 is 7.60 Å². The number of rotatable bonds is 4. The van der Waals surface area contributed by atoms with Crippen LogP contribution in [0.3, 0.4) is 0 Å². The Bertz CT molecular complexity index is 933. The van der Waals surface area contributed by atoms with Crippen molar-refractivity contribution in [1.82, 2.24) is 4.98 Å². The minimum Gasteiger partial charge on any atom is -0.323 e. The largest absolute Gasteiger partial charge is 0.346 e. The van der Waals surface area contributed by atoms with Crippen LogP contribution >= 0.6 is 7.60 Å². The van der Waals surface area contributed by atoms with E-state index in [1.807, 2.05) is 18.2 Å². The Morgan fingerprint density at radius 3 is 2.43 bits per heavy atom. The zero-order valence-electron chi connectivity index (χ0n) is 12.3. The molecule has 23 heavy (non-hydrogen) atoms. The lowest BCUT2D eigenvalue weighted by atomic mass is 10.2. The summed E-state index contributed by atoms with van der Waals surface area (Å²) >= 11 is 0. The van der Waals surface area contributed by atoms with Gasteiger partial charge in [-0.2, -0.15) is 4.62 Å². The molecule has 7 heteroatoms. The summed E-state index contributed by atoms with van der Waals surface area (Å²) in [4.78, 5) is 24.7. The number of anilines is 2. The molecule has 0 bridgehead atoms. The normalized spacial score (nSPS) is 13.7. The van der Waals surface area contributed by atoms with Crippen molar-refractivity contribution in [3.05, 3.63) is 71.0 Å². The predicted molar refractivity (Wildman–Crippen MR) is 90.0 cm³/mol. The van der Waals surface area contributed by atoms with Crippen molar-refractivity contribution in [1.29, 1.82) is 0 Å². The lowest BCUT2D eigenvalue weighted by molar-refractivity contribution is 0.267. The van der Waals surface area contributed by atoms with Crippen LogP contribution in [0.4, 0.5) is 11.4 Å². The van der Waals surface area contributed by atoms with Crippen LogP contribution in [-0.4, -0.2) is 16.5 Å². The molecule has 0 saturated carbocycles. The molecule has 1 heterocycles. The average molecular weight is 330 g/mol. The smallest absolute Gasteiger partial charge is 0.323 e. The van der Waals surface area contributed by atoms with E-state index in [4.69, 9.17) is 4.62 Å². The molecule has 1 unspecified atom stereocenters. The standard InChI is InChI=1S/C16H15N2O4P/c1-23(20,21)22-18(13-8-3-2-4-9-13)15-11-12-7-5-6-10-14(12)17-16(15)19/h2-11H,1H3,(H,17,19)(H,20,21). The predicted octanol–water partition coefficient (Wildman–Crippen LogP) is 3.41. The van der Waals surface area contributed by atoms with E-state index in [2.05, 4.69) is 4.98 Å². The molecule has 0 saturated heterocycles. The van der Waals surface area contributed by atoms with Gasteiger partial charge in [-0.15, -0.1) is 0 Å². The number of hydrogen-bond acceptors (Lipinski definition) is 4. The van der Waals surface area contributed by atoms with Gasteiger partial charge in [-0.25, -0.2) is 5.06 Å². The van der Waals surface area contributed by atoms with Crippen molar-refractivity contribution in [3.63, 3.8) is 0 Å². The van der Waals surface area contributed by atoms with E-state index in [0.29, 0.717) is 11.2 Å². The van der Waals surface area contributed by atoms with Gasteiger partial charge in [0.1, 0.15) is 5.69 Å². The second kappa shape index (κ2) is 6.01. The van der Waals surface area contributed by atoms with Crippen molar-refractivity contribution in [3.8, 4) is 0 Å². The number of aromatic nitrogens is 1. The van der Waals surface area contributed by atoms with Gasteiger partial charge in [0, 0.05) is 17.6 Å². The fraction of sp³-hybridized carbons (Fsp3) is 0.0625. The van der Waals surface area contributed by atoms with Crippen molar-refractivity contribution in [2.24, 2.45) is 0 Å². The lowest BCUT2D eigenvalue weighted by Crippen LogP contribution is -2.23. The number of H-pyrrole nitrogens is 1. The molecular formula is C16H15N2O4P. The van der Waals surface area contributed by atoms with Gasteiger partial charge < -0.3 is 9.88 Å². The number of aromatic amines is 1. The monoisotopic (exact) mass is 330 g/mol. The summed E-state index contributed by atoms with van der Waals surface area (Å²) in [6, 6.07) is 17.6. The zero-order chi connectivity index (χ0) is 16.4. The molecule has 3 rings (SSSR count). The summed E-state index contributed by atoms with van der Waals surface area (Å²) in [5.74, 6) is 0. The summed E-state index contributed by atoms with van der Waals surface area (Å²) < 4.78 is 16.9. The molecule has 0 spiro atoms. The topological polar surface area (TPSA) is 82.6 Å². The van der Waals surface area contributed by atoms with E-state index in [0.717, 1.165) is 17.1 Å².